The van der Waals surface area contributed by atoms with Crippen molar-refractivity contribution in [2.75, 3.05) is 5.32 Å². The Hall–Kier alpha value is -1.13. The number of nitrogens with zero attached hydrogens (tertiary/aromatic N) is 2. The molecule has 20 heavy (non-hydrogen) atoms. The van der Waals surface area contributed by atoms with Crippen LogP contribution in [0.3, 0.4) is 0 Å². The highest BCUT2D eigenvalue weighted by Crippen LogP contribution is 2.20. The molecule has 0 aliphatic carbocycles. The topological polar surface area (TPSA) is 37.8 Å². The summed E-state index contributed by atoms with van der Waals surface area (Å²) in [5, 5.41) is 14.6. The fourth-order valence-corrected chi connectivity index (χ4v) is 3.17. The zero-order chi connectivity index (χ0) is 14.5. The third-order valence-corrected chi connectivity index (χ3v) is 4.00. The van der Waals surface area contributed by atoms with Crippen molar-refractivity contribution in [3.63, 3.8) is 0 Å². The predicted molar refractivity (Wildman–Crippen MR) is 86.7 cm³/mol. The molecule has 108 valence electrons. The second-order valence-electron chi connectivity index (χ2n) is 5.47. The standard InChI is InChI=1S/C15H20ClN3S/c1-10(2)8-14-18-19-15(20-14)17-11(3)9-12-4-6-13(16)7-5-12/h4-7,10-11H,8-9H2,1-3H3,(H,17,19). The van der Waals surface area contributed by atoms with Crippen molar-refractivity contribution < 1.29 is 0 Å². The summed E-state index contributed by atoms with van der Waals surface area (Å²) in [6, 6.07) is 8.29. The zero-order valence-corrected chi connectivity index (χ0v) is 13.6. The van der Waals surface area contributed by atoms with E-state index in [4.69, 9.17) is 11.6 Å². The van der Waals surface area contributed by atoms with Crippen LogP contribution in [0.25, 0.3) is 0 Å². The van der Waals surface area contributed by atoms with E-state index < -0.39 is 0 Å². The van der Waals surface area contributed by atoms with Crippen LogP contribution in [0.15, 0.2) is 24.3 Å². The van der Waals surface area contributed by atoms with E-state index in [-0.39, 0.29) is 0 Å². The maximum Gasteiger partial charge on any atom is 0.205 e. The van der Waals surface area contributed by atoms with E-state index in [9.17, 15) is 0 Å². The molecule has 0 bridgehead atoms. The van der Waals surface area contributed by atoms with Crippen molar-refractivity contribution in [1.82, 2.24) is 10.2 Å². The molecule has 1 aromatic heterocycles. The summed E-state index contributed by atoms with van der Waals surface area (Å²) in [6.07, 6.45) is 1.93. The third-order valence-electron chi connectivity index (χ3n) is 2.87. The van der Waals surface area contributed by atoms with E-state index in [0.717, 1.165) is 28.0 Å². The first-order valence-corrected chi connectivity index (χ1v) is 8.05. The van der Waals surface area contributed by atoms with Crippen molar-refractivity contribution in [2.24, 2.45) is 5.92 Å². The average Bonchev–Trinajstić information content (AvgIpc) is 2.78. The van der Waals surface area contributed by atoms with Crippen molar-refractivity contribution >= 4 is 28.1 Å². The quantitative estimate of drug-likeness (QED) is 0.857. The molecule has 5 heteroatoms. The van der Waals surface area contributed by atoms with Crippen LogP contribution in [-0.4, -0.2) is 16.2 Å². The number of hydrogen-bond acceptors (Lipinski definition) is 4. The molecule has 0 aliphatic heterocycles. The van der Waals surface area contributed by atoms with Crippen LogP contribution in [0.2, 0.25) is 5.02 Å². The maximum absolute atomic E-state index is 5.89. The molecule has 0 spiro atoms. The summed E-state index contributed by atoms with van der Waals surface area (Å²) in [6.45, 7) is 6.54. The monoisotopic (exact) mass is 309 g/mol. The Kier molecular flexibility index (Phi) is 5.38. The number of hydrogen-bond donors (Lipinski definition) is 1. The fraction of sp³-hybridized carbons (Fsp3) is 0.467. The number of benzene rings is 1. The molecule has 1 atom stereocenters. The van der Waals surface area contributed by atoms with Gasteiger partial charge in [0.1, 0.15) is 5.01 Å². The van der Waals surface area contributed by atoms with Gasteiger partial charge in [-0.1, -0.05) is 48.9 Å². The Bertz CT molecular complexity index is 536. The first kappa shape index (κ1) is 15.3. The number of nitrogens with one attached hydrogen (secondary N) is 1. The highest BCUT2D eigenvalue weighted by molar-refractivity contribution is 7.15. The van der Waals surface area contributed by atoms with Crippen molar-refractivity contribution in [3.8, 4) is 0 Å². The van der Waals surface area contributed by atoms with Gasteiger partial charge in [0.15, 0.2) is 0 Å². The zero-order valence-electron chi connectivity index (χ0n) is 12.1. The van der Waals surface area contributed by atoms with Gasteiger partial charge in [-0.05, 0) is 37.0 Å². The van der Waals surface area contributed by atoms with E-state index in [1.165, 1.54) is 5.56 Å². The highest BCUT2D eigenvalue weighted by atomic mass is 35.5. The second-order valence-corrected chi connectivity index (χ2v) is 6.97. The van der Waals surface area contributed by atoms with Gasteiger partial charge in [0.2, 0.25) is 5.13 Å². The minimum atomic E-state index is 0.316. The molecule has 1 aromatic carbocycles. The number of anilines is 1. The molecular weight excluding hydrogens is 290 g/mol. The Balaban J connectivity index is 1.89. The second kappa shape index (κ2) is 7.04. The normalized spacial score (nSPS) is 12.7. The van der Waals surface area contributed by atoms with Gasteiger partial charge in [0, 0.05) is 17.5 Å². The minimum Gasteiger partial charge on any atom is -0.357 e. The Labute approximate surface area is 129 Å². The summed E-state index contributed by atoms with van der Waals surface area (Å²) in [5.41, 5.74) is 1.27. The summed E-state index contributed by atoms with van der Waals surface area (Å²) >= 11 is 7.54. The molecular formula is C15H20ClN3S. The molecule has 1 heterocycles. The van der Waals surface area contributed by atoms with Crippen molar-refractivity contribution in [2.45, 2.75) is 39.7 Å². The van der Waals surface area contributed by atoms with E-state index >= 15 is 0 Å². The molecule has 0 aliphatic rings. The first-order chi connectivity index (χ1) is 9.52. The van der Waals surface area contributed by atoms with Crippen LogP contribution in [-0.2, 0) is 12.8 Å². The molecule has 0 saturated heterocycles. The molecule has 0 radical (unpaired) electrons. The van der Waals surface area contributed by atoms with Gasteiger partial charge in [0.05, 0.1) is 0 Å². The van der Waals surface area contributed by atoms with Gasteiger partial charge < -0.3 is 5.32 Å². The molecule has 0 fully saturated rings. The largest absolute Gasteiger partial charge is 0.357 e. The summed E-state index contributed by atoms with van der Waals surface area (Å²) < 4.78 is 0. The van der Waals surface area contributed by atoms with Crippen molar-refractivity contribution in [1.29, 1.82) is 0 Å². The highest BCUT2D eigenvalue weighted by Gasteiger charge is 2.09. The Morgan fingerprint density at radius 1 is 1.10 bits per heavy atom. The lowest BCUT2D eigenvalue weighted by Crippen LogP contribution is -2.17. The SMILES string of the molecule is CC(C)Cc1nnc(NC(C)Cc2ccc(Cl)cc2)s1. The summed E-state index contributed by atoms with van der Waals surface area (Å²) in [4.78, 5) is 0. The Morgan fingerprint density at radius 3 is 2.45 bits per heavy atom. The van der Waals surface area contributed by atoms with E-state index in [0.29, 0.717) is 12.0 Å². The first-order valence-electron chi connectivity index (χ1n) is 6.86. The molecule has 3 nitrogen and oxygen atoms in total. The average molecular weight is 310 g/mol. The molecule has 2 aromatic rings. The molecule has 1 unspecified atom stereocenters. The van der Waals surface area contributed by atoms with Gasteiger partial charge in [0.25, 0.3) is 0 Å². The van der Waals surface area contributed by atoms with Gasteiger partial charge in [-0.15, -0.1) is 10.2 Å². The van der Waals surface area contributed by atoms with E-state index in [1.807, 2.05) is 12.1 Å². The van der Waals surface area contributed by atoms with E-state index in [1.54, 1.807) is 11.3 Å². The fourth-order valence-electron chi connectivity index (χ4n) is 1.98. The minimum absolute atomic E-state index is 0.316. The Morgan fingerprint density at radius 2 is 1.80 bits per heavy atom. The van der Waals surface area contributed by atoms with Crippen molar-refractivity contribution in [3.05, 3.63) is 39.9 Å². The molecule has 0 saturated carbocycles. The van der Waals surface area contributed by atoms with Crippen LogP contribution in [0.1, 0.15) is 31.3 Å². The third kappa shape index (κ3) is 4.76. The van der Waals surface area contributed by atoms with Gasteiger partial charge >= 0.3 is 0 Å². The predicted octanol–water partition coefficient (Wildman–Crippen LogP) is 4.43. The van der Waals surface area contributed by atoms with Crippen LogP contribution in [0, 0.1) is 5.92 Å². The van der Waals surface area contributed by atoms with E-state index in [2.05, 4.69) is 48.4 Å². The van der Waals surface area contributed by atoms with Gasteiger partial charge in [-0.25, -0.2) is 0 Å². The maximum atomic E-state index is 5.89. The lowest BCUT2D eigenvalue weighted by Gasteiger charge is -2.12. The van der Waals surface area contributed by atoms with Gasteiger partial charge in [-0.2, -0.15) is 0 Å². The smallest absolute Gasteiger partial charge is 0.205 e. The molecule has 0 amide bonds. The molecule has 1 N–H and O–H groups in total. The number of halogens is 1. The summed E-state index contributed by atoms with van der Waals surface area (Å²) in [5.74, 6) is 0.613. The lowest BCUT2D eigenvalue weighted by molar-refractivity contribution is 0.640. The molecule has 2 rings (SSSR count). The van der Waals surface area contributed by atoms with Gasteiger partial charge in [-0.3, -0.25) is 0 Å². The van der Waals surface area contributed by atoms with Crippen LogP contribution < -0.4 is 5.32 Å². The van der Waals surface area contributed by atoms with Crippen LogP contribution in [0.4, 0.5) is 5.13 Å². The number of rotatable bonds is 6. The number of aromatic nitrogens is 2. The van der Waals surface area contributed by atoms with Crippen LogP contribution in [0.5, 0.6) is 0 Å². The lowest BCUT2D eigenvalue weighted by atomic mass is 10.1. The summed E-state index contributed by atoms with van der Waals surface area (Å²) in [7, 11) is 0. The van der Waals surface area contributed by atoms with Crippen LogP contribution >= 0.6 is 22.9 Å².